The van der Waals surface area contributed by atoms with E-state index in [-0.39, 0.29) is 11.8 Å². The molecule has 2 amide bonds. The third-order valence-corrected chi connectivity index (χ3v) is 6.48. The van der Waals surface area contributed by atoms with E-state index in [1.165, 1.54) is 11.8 Å². The molecule has 0 bridgehead atoms. The molecular formula is C27H22N4O2S. The Hall–Kier alpha value is -4.15. The van der Waals surface area contributed by atoms with Crippen molar-refractivity contribution in [3.8, 4) is 6.07 Å². The highest BCUT2D eigenvalue weighted by atomic mass is 32.2. The Morgan fingerprint density at radius 1 is 1.06 bits per heavy atom. The number of rotatable bonds is 6. The van der Waals surface area contributed by atoms with Crippen molar-refractivity contribution in [1.29, 1.82) is 5.26 Å². The predicted octanol–water partition coefficient (Wildman–Crippen LogP) is 5.45. The molecule has 1 heterocycles. The molecule has 168 valence electrons. The minimum absolute atomic E-state index is 0.248. The molecule has 0 fully saturated rings. The van der Waals surface area contributed by atoms with Gasteiger partial charge in [-0.2, -0.15) is 5.26 Å². The van der Waals surface area contributed by atoms with Gasteiger partial charge in [0.25, 0.3) is 5.91 Å². The van der Waals surface area contributed by atoms with Crippen molar-refractivity contribution in [3.63, 3.8) is 0 Å². The number of amides is 2. The highest BCUT2D eigenvalue weighted by molar-refractivity contribution is 8.15. The molecule has 0 saturated carbocycles. The fourth-order valence-electron chi connectivity index (χ4n) is 3.44. The average Bonchev–Trinajstić information content (AvgIpc) is 3.18. The second kappa shape index (κ2) is 10.6. The molecule has 0 saturated heterocycles. The lowest BCUT2D eigenvalue weighted by Gasteiger charge is -2.21. The number of nitrogens with zero attached hydrogens (tertiary/aromatic N) is 3. The quantitative estimate of drug-likeness (QED) is 0.489. The molecule has 0 aromatic heterocycles. The Balaban J connectivity index is 1.63. The van der Waals surface area contributed by atoms with Crippen LogP contribution in [-0.4, -0.2) is 22.2 Å². The molecule has 7 heteroatoms. The standard InChI is InChI=1S/C27H22N4O2S/c1-2-24(25(32)29-22-16-10-9-13-20(22)18-28)34-27-30-23(17-19-11-5-3-6-12-19)26(33)31(27)21-14-7-4-8-15-21/h3-17,24H,2H2,1H3,(H,29,32)/b23-17+. The van der Waals surface area contributed by atoms with Gasteiger partial charge in [0.1, 0.15) is 11.8 Å². The van der Waals surface area contributed by atoms with E-state index in [1.807, 2.05) is 67.6 Å². The van der Waals surface area contributed by atoms with Crippen molar-refractivity contribution in [2.75, 3.05) is 10.2 Å². The summed E-state index contributed by atoms with van der Waals surface area (Å²) in [5.74, 6) is -0.499. The molecule has 0 spiro atoms. The molecule has 1 atom stereocenters. The monoisotopic (exact) mass is 466 g/mol. The Labute approximate surface area is 202 Å². The van der Waals surface area contributed by atoms with Gasteiger partial charge >= 0.3 is 0 Å². The fourth-order valence-corrected chi connectivity index (χ4v) is 4.47. The molecule has 1 unspecified atom stereocenters. The van der Waals surface area contributed by atoms with Crippen LogP contribution in [0.3, 0.4) is 0 Å². The Morgan fingerprint density at radius 2 is 1.71 bits per heavy atom. The zero-order chi connectivity index (χ0) is 23.9. The minimum Gasteiger partial charge on any atom is -0.324 e. The lowest BCUT2D eigenvalue weighted by molar-refractivity contribution is -0.116. The van der Waals surface area contributed by atoms with E-state index >= 15 is 0 Å². The molecular weight excluding hydrogens is 444 g/mol. The van der Waals surface area contributed by atoms with Crippen LogP contribution in [0.2, 0.25) is 0 Å². The summed E-state index contributed by atoms with van der Waals surface area (Å²) in [4.78, 5) is 32.6. The third-order valence-electron chi connectivity index (χ3n) is 5.16. The number of para-hydroxylation sites is 2. The summed E-state index contributed by atoms with van der Waals surface area (Å²) in [7, 11) is 0. The van der Waals surface area contributed by atoms with Crippen LogP contribution in [0.1, 0.15) is 24.5 Å². The summed E-state index contributed by atoms with van der Waals surface area (Å²) in [6.07, 6.45) is 2.26. The number of hydrogen-bond donors (Lipinski definition) is 1. The zero-order valence-corrected chi connectivity index (χ0v) is 19.3. The first-order valence-electron chi connectivity index (χ1n) is 10.8. The van der Waals surface area contributed by atoms with Gasteiger partial charge in [-0.3, -0.25) is 14.5 Å². The number of amidine groups is 1. The number of benzene rings is 3. The fraction of sp³-hybridized carbons (Fsp3) is 0.111. The summed E-state index contributed by atoms with van der Waals surface area (Å²) in [6, 6.07) is 27.7. The van der Waals surface area contributed by atoms with Crippen molar-refractivity contribution >= 4 is 46.2 Å². The van der Waals surface area contributed by atoms with Gasteiger partial charge in [-0.25, -0.2) is 4.99 Å². The predicted molar refractivity (Wildman–Crippen MR) is 137 cm³/mol. The number of nitriles is 1. The highest BCUT2D eigenvalue weighted by Crippen LogP contribution is 2.32. The molecule has 0 radical (unpaired) electrons. The van der Waals surface area contributed by atoms with Gasteiger partial charge in [0.15, 0.2) is 5.17 Å². The van der Waals surface area contributed by atoms with Gasteiger partial charge in [0.05, 0.1) is 22.2 Å². The van der Waals surface area contributed by atoms with E-state index in [1.54, 1.807) is 35.2 Å². The number of anilines is 2. The van der Waals surface area contributed by atoms with Crippen molar-refractivity contribution in [2.45, 2.75) is 18.6 Å². The second-order valence-electron chi connectivity index (χ2n) is 7.47. The topological polar surface area (TPSA) is 85.6 Å². The van der Waals surface area contributed by atoms with E-state index in [4.69, 9.17) is 0 Å². The van der Waals surface area contributed by atoms with E-state index in [0.717, 1.165) is 5.56 Å². The van der Waals surface area contributed by atoms with Gasteiger partial charge in [0, 0.05) is 0 Å². The van der Waals surface area contributed by atoms with Gasteiger partial charge in [-0.05, 0) is 42.3 Å². The highest BCUT2D eigenvalue weighted by Gasteiger charge is 2.34. The molecule has 4 rings (SSSR count). The van der Waals surface area contributed by atoms with Crippen LogP contribution in [0.25, 0.3) is 6.08 Å². The normalized spacial score (nSPS) is 15.1. The Morgan fingerprint density at radius 3 is 2.38 bits per heavy atom. The van der Waals surface area contributed by atoms with Crippen molar-refractivity contribution < 1.29 is 9.59 Å². The van der Waals surface area contributed by atoms with E-state index < -0.39 is 5.25 Å². The van der Waals surface area contributed by atoms with E-state index in [9.17, 15) is 14.9 Å². The molecule has 1 aliphatic rings. The van der Waals surface area contributed by atoms with Crippen molar-refractivity contribution in [2.24, 2.45) is 4.99 Å². The van der Waals surface area contributed by atoms with Gasteiger partial charge < -0.3 is 5.32 Å². The minimum atomic E-state index is -0.513. The first kappa shape index (κ1) is 23.0. The summed E-state index contributed by atoms with van der Waals surface area (Å²) in [5.41, 5.74) is 2.71. The number of nitrogens with one attached hydrogen (secondary N) is 1. The van der Waals surface area contributed by atoms with Gasteiger partial charge in [-0.15, -0.1) is 0 Å². The largest absolute Gasteiger partial charge is 0.324 e. The average molecular weight is 467 g/mol. The van der Waals surface area contributed by atoms with Crippen LogP contribution in [0, 0.1) is 11.3 Å². The van der Waals surface area contributed by atoms with Crippen LogP contribution in [0.4, 0.5) is 11.4 Å². The lowest BCUT2D eigenvalue weighted by atomic mass is 10.2. The molecule has 1 N–H and O–H groups in total. The SMILES string of the molecule is CCC(SC1=N/C(=C/c2ccccc2)C(=O)N1c1ccccc1)C(=O)Nc1ccccc1C#N. The van der Waals surface area contributed by atoms with Gasteiger partial charge in [-0.1, -0.05) is 79.3 Å². The molecule has 1 aliphatic heterocycles. The van der Waals surface area contributed by atoms with Crippen molar-refractivity contribution in [1.82, 2.24) is 0 Å². The smallest absolute Gasteiger partial charge is 0.283 e. The van der Waals surface area contributed by atoms with Crippen LogP contribution >= 0.6 is 11.8 Å². The Bertz CT molecular complexity index is 1300. The van der Waals surface area contributed by atoms with Crippen LogP contribution in [0.15, 0.2) is 95.6 Å². The molecule has 34 heavy (non-hydrogen) atoms. The number of carbonyl (C=O) groups excluding carboxylic acids is 2. The third kappa shape index (κ3) is 5.08. The van der Waals surface area contributed by atoms with Gasteiger partial charge in [0.2, 0.25) is 5.91 Å². The number of thioether (sulfide) groups is 1. The number of aliphatic imine (C=N–C) groups is 1. The van der Waals surface area contributed by atoms with E-state index in [2.05, 4.69) is 16.4 Å². The zero-order valence-electron chi connectivity index (χ0n) is 18.5. The van der Waals surface area contributed by atoms with Crippen molar-refractivity contribution in [3.05, 3.63) is 102 Å². The summed E-state index contributed by atoms with van der Waals surface area (Å²) in [5, 5.41) is 12.1. The van der Waals surface area contributed by atoms with Crippen LogP contribution in [-0.2, 0) is 9.59 Å². The number of hydrogen-bond acceptors (Lipinski definition) is 5. The molecule has 3 aromatic rings. The first-order chi connectivity index (χ1) is 16.6. The van der Waals surface area contributed by atoms with Crippen LogP contribution in [0.5, 0.6) is 0 Å². The Kier molecular flexibility index (Phi) is 7.21. The lowest BCUT2D eigenvalue weighted by Crippen LogP contribution is -2.34. The molecule has 0 aliphatic carbocycles. The summed E-state index contributed by atoms with van der Waals surface area (Å²) >= 11 is 1.23. The number of carbonyl (C=O) groups is 2. The summed E-state index contributed by atoms with van der Waals surface area (Å²) in [6.45, 7) is 1.90. The van der Waals surface area contributed by atoms with E-state index in [0.29, 0.717) is 34.2 Å². The van der Waals surface area contributed by atoms with Crippen LogP contribution < -0.4 is 10.2 Å². The molecule has 6 nitrogen and oxygen atoms in total. The first-order valence-corrected chi connectivity index (χ1v) is 11.7. The maximum absolute atomic E-state index is 13.3. The summed E-state index contributed by atoms with van der Waals surface area (Å²) < 4.78 is 0. The maximum Gasteiger partial charge on any atom is 0.283 e. The maximum atomic E-state index is 13.3. The second-order valence-corrected chi connectivity index (χ2v) is 8.64. The molecule has 3 aromatic carbocycles.